The lowest BCUT2D eigenvalue weighted by atomic mass is 10.1. The highest BCUT2D eigenvalue weighted by molar-refractivity contribution is 5.62. The van der Waals surface area contributed by atoms with Crippen molar-refractivity contribution in [2.24, 2.45) is 0 Å². The van der Waals surface area contributed by atoms with E-state index in [4.69, 9.17) is 0 Å². The zero-order valence-electron chi connectivity index (χ0n) is 9.42. The van der Waals surface area contributed by atoms with Gasteiger partial charge in [0.25, 0.3) is 5.56 Å². The highest BCUT2D eigenvalue weighted by Gasteiger charge is 2.06. The molecule has 88 valence electrons. The normalized spacial score (nSPS) is 10.4. The van der Waals surface area contributed by atoms with Gasteiger partial charge in [0, 0.05) is 11.8 Å². The second-order valence-electron chi connectivity index (χ2n) is 3.83. The van der Waals surface area contributed by atoms with Gasteiger partial charge < -0.3 is 5.10 Å². The Morgan fingerprint density at radius 3 is 2.22 bits per heavy atom. The number of nitrogens with one attached hydrogen (secondary N) is 2. The quantitative estimate of drug-likeness (QED) is 0.715. The third-order valence-corrected chi connectivity index (χ3v) is 2.66. The van der Waals surface area contributed by atoms with Crippen LogP contribution in [0.1, 0.15) is 0 Å². The first-order chi connectivity index (χ1) is 8.84. The van der Waals surface area contributed by atoms with Crippen LogP contribution in [0.5, 0.6) is 0 Å². The molecule has 3 aromatic rings. The predicted octanol–water partition coefficient (Wildman–Crippen LogP) is 1.83. The van der Waals surface area contributed by atoms with E-state index in [-0.39, 0.29) is 5.56 Å². The maximum atomic E-state index is 11.4. The molecule has 0 unspecified atom stereocenters. The lowest BCUT2D eigenvalue weighted by molar-refractivity contribution is 1.04. The maximum absolute atomic E-state index is 11.4. The van der Waals surface area contributed by atoms with Crippen LogP contribution >= 0.6 is 0 Å². The van der Waals surface area contributed by atoms with Gasteiger partial charge in [-0.15, -0.1) is 10.2 Å². The zero-order chi connectivity index (χ0) is 12.4. The second kappa shape index (κ2) is 4.29. The van der Waals surface area contributed by atoms with Gasteiger partial charge in [0.2, 0.25) is 0 Å². The van der Waals surface area contributed by atoms with E-state index >= 15 is 0 Å². The Balaban J connectivity index is 2.00. The SMILES string of the molecule is O=c1[nH][nH]cc1-c1ccc(-c2ccccc2)nn1. The number of rotatable bonds is 2. The highest BCUT2D eigenvalue weighted by Crippen LogP contribution is 2.17. The molecule has 2 N–H and O–H groups in total. The first-order valence-electron chi connectivity index (χ1n) is 5.50. The van der Waals surface area contributed by atoms with Crippen LogP contribution in [0.4, 0.5) is 0 Å². The van der Waals surface area contributed by atoms with Crippen LogP contribution in [0.2, 0.25) is 0 Å². The van der Waals surface area contributed by atoms with Crippen molar-refractivity contribution in [3.63, 3.8) is 0 Å². The summed E-state index contributed by atoms with van der Waals surface area (Å²) in [6.45, 7) is 0. The molecule has 5 nitrogen and oxygen atoms in total. The minimum atomic E-state index is -0.197. The number of aromatic nitrogens is 4. The predicted molar refractivity (Wildman–Crippen MR) is 67.9 cm³/mol. The molecule has 0 radical (unpaired) electrons. The lowest BCUT2D eigenvalue weighted by Gasteiger charge is -2.00. The average molecular weight is 238 g/mol. The molecule has 0 saturated carbocycles. The van der Waals surface area contributed by atoms with Gasteiger partial charge in [0.1, 0.15) is 5.69 Å². The number of hydrogen-bond acceptors (Lipinski definition) is 3. The summed E-state index contributed by atoms with van der Waals surface area (Å²) in [6.07, 6.45) is 1.58. The van der Waals surface area contributed by atoms with E-state index in [0.29, 0.717) is 11.3 Å². The van der Waals surface area contributed by atoms with Crippen molar-refractivity contribution in [3.05, 3.63) is 59.0 Å². The van der Waals surface area contributed by atoms with Gasteiger partial charge in [-0.1, -0.05) is 30.3 Å². The van der Waals surface area contributed by atoms with Crippen molar-refractivity contribution in [2.75, 3.05) is 0 Å². The molecule has 0 aliphatic carbocycles. The van der Waals surface area contributed by atoms with Gasteiger partial charge in [-0.25, -0.2) is 0 Å². The number of benzene rings is 1. The smallest absolute Gasteiger partial charge is 0.273 e. The van der Waals surface area contributed by atoms with E-state index in [1.807, 2.05) is 36.4 Å². The summed E-state index contributed by atoms with van der Waals surface area (Å²) >= 11 is 0. The van der Waals surface area contributed by atoms with Crippen molar-refractivity contribution in [1.29, 1.82) is 0 Å². The zero-order valence-corrected chi connectivity index (χ0v) is 9.42. The number of hydrogen-bond donors (Lipinski definition) is 2. The minimum Gasteiger partial charge on any atom is -0.305 e. The van der Waals surface area contributed by atoms with E-state index in [2.05, 4.69) is 20.4 Å². The second-order valence-corrected chi connectivity index (χ2v) is 3.83. The minimum absolute atomic E-state index is 0.197. The van der Waals surface area contributed by atoms with Gasteiger partial charge >= 0.3 is 0 Å². The lowest BCUT2D eigenvalue weighted by Crippen LogP contribution is -2.03. The topological polar surface area (TPSA) is 74.4 Å². The Hall–Kier alpha value is -2.69. The van der Waals surface area contributed by atoms with Crippen LogP contribution in [-0.2, 0) is 0 Å². The molecule has 2 heterocycles. The Labute approximate surface area is 103 Å². The molecule has 18 heavy (non-hydrogen) atoms. The van der Waals surface area contributed by atoms with Gasteiger partial charge in [-0.2, -0.15) is 0 Å². The van der Waals surface area contributed by atoms with E-state index in [9.17, 15) is 4.79 Å². The Bertz CT molecular complexity index is 698. The molecule has 3 rings (SSSR count). The molecule has 0 bridgehead atoms. The van der Waals surface area contributed by atoms with Gasteiger partial charge in [0.15, 0.2) is 0 Å². The van der Waals surface area contributed by atoms with E-state index in [1.165, 1.54) is 0 Å². The molecule has 0 amide bonds. The van der Waals surface area contributed by atoms with Gasteiger partial charge in [0.05, 0.1) is 11.3 Å². The molecule has 5 heteroatoms. The van der Waals surface area contributed by atoms with Crippen LogP contribution in [0, 0.1) is 0 Å². The van der Waals surface area contributed by atoms with Crippen LogP contribution < -0.4 is 5.56 Å². The fourth-order valence-corrected chi connectivity index (χ4v) is 1.74. The van der Waals surface area contributed by atoms with Crippen LogP contribution in [0.3, 0.4) is 0 Å². The molecular formula is C13H10N4O. The third-order valence-electron chi connectivity index (χ3n) is 2.66. The molecule has 1 aromatic carbocycles. The largest absolute Gasteiger partial charge is 0.305 e. The average Bonchev–Trinajstić information content (AvgIpc) is 2.86. The Kier molecular flexibility index (Phi) is 2.49. The van der Waals surface area contributed by atoms with E-state index in [0.717, 1.165) is 11.3 Å². The van der Waals surface area contributed by atoms with Gasteiger partial charge in [-0.05, 0) is 12.1 Å². The summed E-state index contributed by atoms with van der Waals surface area (Å²) in [5.74, 6) is 0. The van der Waals surface area contributed by atoms with Crippen LogP contribution in [0.15, 0.2) is 53.5 Å². The molecule has 0 aliphatic heterocycles. The number of nitrogens with zero attached hydrogens (tertiary/aromatic N) is 2. The Morgan fingerprint density at radius 2 is 1.61 bits per heavy atom. The molecular weight excluding hydrogens is 228 g/mol. The molecule has 0 atom stereocenters. The maximum Gasteiger partial charge on any atom is 0.273 e. The summed E-state index contributed by atoms with van der Waals surface area (Å²) in [5, 5.41) is 13.3. The van der Waals surface area contributed by atoms with Crippen molar-refractivity contribution in [3.8, 4) is 22.5 Å². The highest BCUT2D eigenvalue weighted by atomic mass is 16.1. The first kappa shape index (κ1) is 10.5. The first-order valence-corrected chi connectivity index (χ1v) is 5.50. The summed E-state index contributed by atoms with van der Waals surface area (Å²) in [4.78, 5) is 11.4. The Morgan fingerprint density at radius 1 is 0.889 bits per heavy atom. The van der Waals surface area contributed by atoms with Crippen molar-refractivity contribution in [1.82, 2.24) is 20.4 Å². The number of aromatic amines is 2. The standard InChI is InChI=1S/C13H10N4O/c18-13-10(8-14-17-13)12-7-6-11(15-16-12)9-4-2-1-3-5-9/h1-8H,(H2,14,17,18). The summed E-state index contributed by atoms with van der Waals surface area (Å²) in [6, 6.07) is 13.4. The fraction of sp³-hybridized carbons (Fsp3) is 0. The number of H-pyrrole nitrogens is 2. The van der Waals surface area contributed by atoms with Gasteiger partial charge in [-0.3, -0.25) is 9.89 Å². The molecule has 0 saturated heterocycles. The molecule has 2 aromatic heterocycles. The van der Waals surface area contributed by atoms with E-state index < -0.39 is 0 Å². The van der Waals surface area contributed by atoms with E-state index in [1.54, 1.807) is 12.3 Å². The summed E-state index contributed by atoms with van der Waals surface area (Å²) in [5.41, 5.74) is 2.63. The fourth-order valence-electron chi connectivity index (χ4n) is 1.74. The molecule has 0 fully saturated rings. The monoisotopic (exact) mass is 238 g/mol. The molecule has 0 spiro atoms. The molecule has 0 aliphatic rings. The summed E-state index contributed by atoms with van der Waals surface area (Å²) in [7, 11) is 0. The van der Waals surface area contributed by atoms with Crippen LogP contribution in [-0.4, -0.2) is 20.4 Å². The third kappa shape index (κ3) is 1.82. The van der Waals surface area contributed by atoms with Crippen molar-refractivity contribution >= 4 is 0 Å². The summed E-state index contributed by atoms with van der Waals surface area (Å²) < 4.78 is 0. The van der Waals surface area contributed by atoms with Crippen molar-refractivity contribution in [2.45, 2.75) is 0 Å². The van der Waals surface area contributed by atoms with Crippen molar-refractivity contribution < 1.29 is 0 Å². The van der Waals surface area contributed by atoms with Crippen LogP contribution in [0.25, 0.3) is 22.5 Å².